The van der Waals surface area contributed by atoms with Crippen LogP contribution in [-0.4, -0.2) is 112 Å². The fraction of sp³-hybridized carbons (Fsp3) is 0.658. The number of methoxy groups -OCH3 is 1. The third-order valence-electron chi connectivity index (χ3n) is 12.9. The maximum Gasteiger partial charge on any atom is 0.417 e. The molecule has 3 atom stereocenters. The van der Waals surface area contributed by atoms with Gasteiger partial charge in [0, 0.05) is 62.1 Å². The van der Waals surface area contributed by atoms with Crippen molar-refractivity contribution < 1.29 is 40.6 Å². The van der Waals surface area contributed by atoms with Crippen molar-refractivity contribution >= 4 is 21.6 Å². The average molecular weight is 751 g/mol. The molecule has 2 aromatic carbocycles. The molecule has 286 valence electrons. The molecule has 5 fully saturated rings. The Kier molecular flexibility index (Phi) is 10.3. The summed E-state index contributed by atoms with van der Waals surface area (Å²) in [6.45, 7) is 7.33. The molecule has 0 radical (unpaired) electrons. The van der Waals surface area contributed by atoms with Crippen molar-refractivity contribution in [1.82, 2.24) is 15.1 Å². The van der Waals surface area contributed by atoms with Crippen molar-refractivity contribution in [2.24, 2.45) is 17.8 Å². The Bertz CT molecular complexity index is 1690. The van der Waals surface area contributed by atoms with Gasteiger partial charge in [0.05, 0.1) is 17.3 Å². The molecule has 0 spiro atoms. The fourth-order valence-corrected chi connectivity index (χ4v) is 11.7. The van der Waals surface area contributed by atoms with Gasteiger partial charge in [-0.05, 0) is 112 Å². The van der Waals surface area contributed by atoms with Crippen LogP contribution in [0, 0.1) is 23.6 Å². The minimum atomic E-state index is -4.85. The van der Waals surface area contributed by atoms with Gasteiger partial charge in [-0.2, -0.15) is 13.2 Å². The summed E-state index contributed by atoms with van der Waals surface area (Å²) in [6.07, 6.45) is -1.02. The number of alkyl halides is 3. The van der Waals surface area contributed by atoms with E-state index in [2.05, 4.69) is 26.1 Å². The van der Waals surface area contributed by atoms with Crippen LogP contribution in [-0.2, 0) is 20.0 Å². The molecule has 2 saturated carbocycles. The third kappa shape index (κ3) is 7.04. The van der Waals surface area contributed by atoms with Crippen LogP contribution in [0.5, 0.6) is 0 Å². The molecule has 2 aliphatic carbocycles. The van der Waals surface area contributed by atoms with Crippen LogP contribution < -0.4 is 10.2 Å². The number of carbonyl (C=O) groups is 1. The number of benzene rings is 2. The summed E-state index contributed by atoms with van der Waals surface area (Å²) in [5.74, 6) is 0.670. The van der Waals surface area contributed by atoms with Crippen LogP contribution in [0.2, 0.25) is 0 Å². The number of rotatable bonds is 11. The van der Waals surface area contributed by atoms with Crippen LogP contribution in [0.25, 0.3) is 0 Å². The topological polar surface area (TPSA) is 102 Å². The van der Waals surface area contributed by atoms with Crippen molar-refractivity contribution in [2.45, 2.75) is 84.7 Å². The van der Waals surface area contributed by atoms with Crippen LogP contribution in [0.15, 0.2) is 53.4 Å². The van der Waals surface area contributed by atoms with Gasteiger partial charge in [0.25, 0.3) is 0 Å². The van der Waals surface area contributed by atoms with E-state index in [9.17, 15) is 35.9 Å². The van der Waals surface area contributed by atoms with E-state index >= 15 is 0 Å². The van der Waals surface area contributed by atoms with Crippen molar-refractivity contribution in [3.63, 3.8) is 0 Å². The molecular formula is C38H50F4N4O5S. The summed E-state index contributed by atoms with van der Waals surface area (Å²) in [6, 6.07) is 13.4. The van der Waals surface area contributed by atoms with Crippen molar-refractivity contribution in [3.05, 3.63) is 59.9 Å². The highest BCUT2D eigenvalue weighted by atomic mass is 32.2. The van der Waals surface area contributed by atoms with Crippen molar-refractivity contribution in [3.8, 4) is 0 Å². The monoisotopic (exact) mass is 750 g/mol. The molecule has 5 aliphatic rings. The smallest absolute Gasteiger partial charge is 0.417 e. The number of nitrogens with zero attached hydrogens (tertiary/aromatic N) is 3. The van der Waals surface area contributed by atoms with Gasteiger partial charge in [0.2, 0.25) is 0 Å². The number of hydrogen-bond acceptors (Lipinski definition) is 8. The third-order valence-corrected chi connectivity index (χ3v) is 15.0. The highest BCUT2D eigenvalue weighted by molar-refractivity contribution is 7.92. The van der Waals surface area contributed by atoms with Gasteiger partial charge < -0.3 is 29.9 Å². The highest BCUT2D eigenvalue weighted by Gasteiger charge is 2.64. The zero-order valence-electron chi connectivity index (χ0n) is 29.7. The number of halogens is 4. The van der Waals surface area contributed by atoms with Gasteiger partial charge in [-0.25, -0.2) is 17.6 Å². The largest absolute Gasteiger partial charge is 0.453 e. The maximum atomic E-state index is 14.9. The fourth-order valence-electron chi connectivity index (χ4n) is 9.81. The lowest BCUT2D eigenvalue weighted by Crippen LogP contribution is -2.60. The van der Waals surface area contributed by atoms with Gasteiger partial charge in [0.1, 0.15) is 5.82 Å². The van der Waals surface area contributed by atoms with E-state index in [0.717, 1.165) is 102 Å². The zero-order chi connectivity index (χ0) is 36.9. The Labute approximate surface area is 303 Å². The first-order valence-electron chi connectivity index (χ1n) is 18.6. The van der Waals surface area contributed by atoms with Gasteiger partial charge in [-0.1, -0.05) is 18.6 Å². The van der Waals surface area contributed by atoms with E-state index < -0.39 is 45.8 Å². The number of aliphatic hydroxyl groups is 1. The summed E-state index contributed by atoms with van der Waals surface area (Å²) >= 11 is 0. The Hall–Kier alpha value is -2.94. The van der Waals surface area contributed by atoms with Gasteiger partial charge in [-0.3, -0.25) is 0 Å². The number of piperidine rings is 1. The molecule has 7 rings (SSSR count). The number of amides is 1. The molecule has 3 saturated heterocycles. The number of sulfone groups is 1. The Balaban J connectivity index is 0.980. The van der Waals surface area contributed by atoms with E-state index in [0.29, 0.717) is 11.8 Å². The van der Waals surface area contributed by atoms with Crippen LogP contribution in [0.4, 0.5) is 28.0 Å². The van der Waals surface area contributed by atoms with Crippen LogP contribution in [0.1, 0.15) is 56.9 Å². The Morgan fingerprint density at radius 1 is 0.962 bits per heavy atom. The van der Waals surface area contributed by atoms with E-state index in [1.165, 1.54) is 25.3 Å². The second kappa shape index (κ2) is 14.4. The summed E-state index contributed by atoms with van der Waals surface area (Å²) in [4.78, 5) is 19.6. The first-order valence-corrected chi connectivity index (χ1v) is 20.2. The SMILES string of the molecule is COC(=O)N[C@H]1CCC[C@@H]1[C@](CN1CCC1)(c1cccc(F)c1)C1CCN(CC2CN(c3ccc(S(=O)(=O)[C@H]4C[C@](O)(C(F)(F)F)C4)cc3)C2)CC1. The Morgan fingerprint density at radius 2 is 1.65 bits per heavy atom. The first-order chi connectivity index (χ1) is 24.7. The lowest BCUT2D eigenvalue weighted by Gasteiger charge is -2.54. The predicted molar refractivity (Wildman–Crippen MR) is 188 cm³/mol. The molecule has 0 unspecified atom stereocenters. The van der Waals surface area contributed by atoms with Gasteiger partial charge in [0.15, 0.2) is 15.4 Å². The summed E-state index contributed by atoms with van der Waals surface area (Å²) in [5.41, 5.74) is -1.35. The quantitative estimate of drug-likeness (QED) is 0.296. The van der Waals surface area contributed by atoms with Crippen LogP contribution in [0.3, 0.4) is 0 Å². The van der Waals surface area contributed by atoms with Crippen molar-refractivity contribution in [1.29, 1.82) is 0 Å². The van der Waals surface area contributed by atoms with Crippen molar-refractivity contribution in [2.75, 3.05) is 64.4 Å². The van der Waals surface area contributed by atoms with Gasteiger partial charge >= 0.3 is 12.3 Å². The second-order valence-corrected chi connectivity index (χ2v) is 18.1. The molecule has 2 aromatic rings. The second-order valence-electron chi connectivity index (χ2n) is 15.9. The standard InChI is InChI=1S/C38H50F4N4O5S/c1-51-35(47)43-34-8-3-7-33(34)37(25-45-15-4-16-45,28-5-2-6-29(39)19-28)27-13-17-44(18-14-27)22-26-23-46(24-26)30-9-11-31(12-10-30)52(49,50)32-20-36(48,21-32)38(40,41)42/h2,5-6,9-12,19,26-27,32-34,48H,3-4,7-8,13-18,20-25H2,1H3,(H,43,47)/t32-,33-,34-,36+,37-/m0/s1. The van der Waals surface area contributed by atoms with Crippen LogP contribution >= 0.6 is 0 Å². The maximum absolute atomic E-state index is 14.9. The predicted octanol–water partition coefficient (Wildman–Crippen LogP) is 5.37. The van der Waals surface area contributed by atoms with E-state index in [1.54, 1.807) is 18.2 Å². The molecule has 2 N–H and O–H groups in total. The normalized spacial score (nSPS) is 29.1. The summed E-state index contributed by atoms with van der Waals surface area (Å²) < 4.78 is 85.0. The molecule has 9 nitrogen and oxygen atoms in total. The minimum absolute atomic E-state index is 0.0288. The highest BCUT2D eigenvalue weighted by Crippen LogP contribution is 2.52. The molecule has 3 aliphatic heterocycles. The number of hydrogen-bond donors (Lipinski definition) is 2. The number of alkyl carbamates (subject to hydrolysis) is 1. The molecular weight excluding hydrogens is 701 g/mol. The molecule has 14 heteroatoms. The zero-order valence-corrected chi connectivity index (χ0v) is 30.5. The molecule has 0 aromatic heterocycles. The lowest BCUT2D eigenvalue weighted by atomic mass is 9.57. The number of nitrogens with one attached hydrogen (secondary N) is 1. The minimum Gasteiger partial charge on any atom is -0.453 e. The van der Waals surface area contributed by atoms with E-state index in [1.807, 2.05) is 6.07 Å². The number of likely N-dealkylation sites (tertiary alicyclic amines) is 2. The number of anilines is 1. The summed E-state index contributed by atoms with van der Waals surface area (Å²) in [5, 5.41) is 11.6. The van der Waals surface area contributed by atoms with E-state index in [-0.39, 0.29) is 28.1 Å². The molecule has 0 bridgehead atoms. The Morgan fingerprint density at radius 3 is 2.25 bits per heavy atom. The molecule has 1 amide bonds. The summed E-state index contributed by atoms with van der Waals surface area (Å²) in [7, 11) is -2.59. The number of carbonyl (C=O) groups excluding carboxylic acids is 1. The number of ether oxygens (including phenoxy) is 1. The van der Waals surface area contributed by atoms with Gasteiger partial charge in [-0.15, -0.1) is 0 Å². The molecule has 52 heavy (non-hydrogen) atoms. The lowest BCUT2D eigenvalue weighted by molar-refractivity contribution is -0.284. The molecule has 3 heterocycles. The average Bonchev–Trinajstić information content (AvgIpc) is 3.52. The first kappa shape index (κ1) is 37.4. The van der Waals surface area contributed by atoms with E-state index in [4.69, 9.17) is 4.74 Å².